The molecular weight excluding hydrogens is 462 g/mol. The normalized spacial score (nSPS) is 17.7. The van der Waals surface area contributed by atoms with Crippen LogP contribution in [0.25, 0.3) is 10.9 Å². The molecule has 0 saturated carbocycles. The largest absolute Gasteiger partial charge is 0.354 e. The summed E-state index contributed by atoms with van der Waals surface area (Å²) in [6, 6.07) is 25.6. The zero-order chi connectivity index (χ0) is 25.5. The van der Waals surface area contributed by atoms with Crippen LogP contribution in [0.1, 0.15) is 40.5 Å². The van der Waals surface area contributed by atoms with Crippen LogP contribution in [0.3, 0.4) is 0 Å². The van der Waals surface area contributed by atoms with Crippen LogP contribution >= 0.6 is 0 Å². The first-order valence-electron chi connectivity index (χ1n) is 12.8. The smallest absolute Gasteiger partial charge is 0.272 e. The number of aromatic nitrogens is 2. The van der Waals surface area contributed by atoms with Gasteiger partial charge in [0.1, 0.15) is 5.69 Å². The second-order valence-electron chi connectivity index (χ2n) is 9.34. The maximum Gasteiger partial charge on any atom is 0.272 e. The van der Waals surface area contributed by atoms with Gasteiger partial charge in [-0.15, -0.1) is 0 Å². The highest BCUT2D eigenvalue weighted by molar-refractivity contribution is 5.95. The summed E-state index contributed by atoms with van der Waals surface area (Å²) in [6.45, 7) is 2.86. The van der Waals surface area contributed by atoms with E-state index < -0.39 is 0 Å². The fourth-order valence-corrected chi connectivity index (χ4v) is 4.91. The van der Waals surface area contributed by atoms with Crippen LogP contribution in [0, 0.1) is 0 Å². The Morgan fingerprint density at radius 2 is 1.68 bits per heavy atom. The van der Waals surface area contributed by atoms with E-state index in [1.807, 2.05) is 65.6 Å². The number of pyridine rings is 2. The number of carbonyl (C=O) groups excluding carboxylic acids is 2. The van der Waals surface area contributed by atoms with Crippen molar-refractivity contribution < 1.29 is 9.59 Å². The molecule has 3 heterocycles. The Hall–Kier alpha value is -4.10. The summed E-state index contributed by atoms with van der Waals surface area (Å²) in [7, 11) is 0. The topological polar surface area (TPSA) is 78.4 Å². The molecule has 1 saturated heterocycles. The van der Waals surface area contributed by atoms with Crippen LogP contribution in [0.5, 0.6) is 0 Å². The summed E-state index contributed by atoms with van der Waals surface area (Å²) in [6.07, 6.45) is 4.73. The average molecular weight is 494 g/mol. The van der Waals surface area contributed by atoms with E-state index in [-0.39, 0.29) is 17.9 Å². The Kier molecular flexibility index (Phi) is 7.81. The van der Waals surface area contributed by atoms with Crippen molar-refractivity contribution in [3.63, 3.8) is 0 Å². The molecule has 5 rings (SSSR count). The number of carbonyl (C=O) groups is 2. The van der Waals surface area contributed by atoms with Gasteiger partial charge >= 0.3 is 0 Å². The zero-order valence-corrected chi connectivity index (χ0v) is 20.8. The summed E-state index contributed by atoms with van der Waals surface area (Å²) in [5.41, 5.74) is 3.48. The van der Waals surface area contributed by atoms with Crippen molar-refractivity contribution in [2.45, 2.75) is 25.4 Å². The molecular formula is C30H31N5O2. The first-order chi connectivity index (χ1) is 18.2. The quantitative estimate of drug-likeness (QED) is 0.461. The van der Waals surface area contributed by atoms with E-state index in [0.29, 0.717) is 38.3 Å². The molecule has 1 aliphatic heterocycles. The molecule has 2 aromatic carbocycles. The van der Waals surface area contributed by atoms with Gasteiger partial charge in [0.2, 0.25) is 5.91 Å². The Morgan fingerprint density at radius 1 is 0.892 bits per heavy atom. The molecule has 1 N–H and O–H groups in total. The minimum atomic E-state index is -0.112. The van der Waals surface area contributed by atoms with E-state index >= 15 is 0 Å². The SMILES string of the molecule is O=C1CC(c2ccccc2)N(Cc2ccncc2)CCCN(C(=O)c2ccc3ccccc3n2)CCN1. The molecule has 1 fully saturated rings. The van der Waals surface area contributed by atoms with Gasteiger partial charge in [-0.1, -0.05) is 54.6 Å². The third kappa shape index (κ3) is 6.19. The zero-order valence-electron chi connectivity index (χ0n) is 20.8. The third-order valence-corrected chi connectivity index (χ3v) is 6.82. The number of para-hydroxylation sites is 1. The van der Waals surface area contributed by atoms with Gasteiger partial charge < -0.3 is 10.2 Å². The van der Waals surface area contributed by atoms with Crippen molar-refractivity contribution in [1.82, 2.24) is 25.1 Å². The molecule has 7 heteroatoms. The summed E-state index contributed by atoms with van der Waals surface area (Å²) >= 11 is 0. The van der Waals surface area contributed by atoms with Gasteiger partial charge in [0, 0.05) is 63.0 Å². The molecule has 1 atom stereocenters. The van der Waals surface area contributed by atoms with Crippen molar-refractivity contribution in [3.8, 4) is 0 Å². The predicted octanol–water partition coefficient (Wildman–Crippen LogP) is 4.23. The number of amides is 2. The molecule has 1 aliphatic rings. The number of fused-ring (bicyclic) bond motifs is 1. The molecule has 2 aromatic heterocycles. The standard InChI is InChI=1S/C30H31N5O2/c36-29-21-28(25-8-2-1-3-9-25)35(22-23-13-15-31-16-14-23)19-6-18-34(20-17-32-29)30(37)27-12-11-24-7-4-5-10-26(24)33-27/h1-5,7-16,28H,6,17-22H2,(H,32,36). The number of benzene rings is 2. The van der Waals surface area contributed by atoms with Gasteiger partial charge in [0.25, 0.3) is 5.91 Å². The molecule has 7 nitrogen and oxygen atoms in total. The number of nitrogens with zero attached hydrogens (tertiary/aromatic N) is 4. The molecule has 1 unspecified atom stereocenters. The number of nitrogens with one attached hydrogen (secondary N) is 1. The van der Waals surface area contributed by atoms with Crippen LogP contribution in [-0.4, -0.2) is 57.8 Å². The molecule has 188 valence electrons. The maximum absolute atomic E-state index is 13.5. The summed E-state index contributed by atoms with van der Waals surface area (Å²) in [5, 5.41) is 4.04. The van der Waals surface area contributed by atoms with Crippen LogP contribution < -0.4 is 5.32 Å². The Labute approximate surface area is 217 Å². The summed E-state index contributed by atoms with van der Waals surface area (Å²) in [5.74, 6) is -0.133. The third-order valence-electron chi connectivity index (χ3n) is 6.82. The van der Waals surface area contributed by atoms with Gasteiger partial charge in [-0.2, -0.15) is 0 Å². The van der Waals surface area contributed by atoms with Crippen LogP contribution in [0.4, 0.5) is 0 Å². The number of rotatable bonds is 4. The van der Waals surface area contributed by atoms with Crippen LogP contribution in [0.2, 0.25) is 0 Å². The van der Waals surface area contributed by atoms with Crippen molar-refractivity contribution in [2.24, 2.45) is 0 Å². The molecule has 0 aliphatic carbocycles. The highest BCUT2D eigenvalue weighted by Gasteiger charge is 2.26. The lowest BCUT2D eigenvalue weighted by atomic mass is 10.00. The highest BCUT2D eigenvalue weighted by Crippen LogP contribution is 2.27. The van der Waals surface area contributed by atoms with E-state index in [1.165, 1.54) is 0 Å². The van der Waals surface area contributed by atoms with Crippen molar-refractivity contribution >= 4 is 22.7 Å². The highest BCUT2D eigenvalue weighted by atomic mass is 16.2. The van der Waals surface area contributed by atoms with Crippen LogP contribution in [0.15, 0.2) is 91.3 Å². The van der Waals surface area contributed by atoms with E-state index in [1.54, 1.807) is 18.5 Å². The Balaban J connectivity index is 1.38. The lowest BCUT2D eigenvalue weighted by molar-refractivity contribution is -0.122. The second kappa shape index (κ2) is 11.8. The maximum atomic E-state index is 13.5. The van der Waals surface area contributed by atoms with Gasteiger partial charge in [0.15, 0.2) is 0 Å². The van der Waals surface area contributed by atoms with Crippen LogP contribution in [-0.2, 0) is 11.3 Å². The van der Waals surface area contributed by atoms with Gasteiger partial charge in [0.05, 0.1) is 5.52 Å². The monoisotopic (exact) mass is 493 g/mol. The first-order valence-corrected chi connectivity index (χ1v) is 12.8. The minimum absolute atomic E-state index is 0.0216. The lowest BCUT2D eigenvalue weighted by Gasteiger charge is -2.32. The summed E-state index contributed by atoms with van der Waals surface area (Å²) < 4.78 is 0. The van der Waals surface area contributed by atoms with Gasteiger partial charge in [-0.05, 0) is 41.8 Å². The molecule has 0 bridgehead atoms. The van der Waals surface area contributed by atoms with Crippen molar-refractivity contribution in [2.75, 3.05) is 26.2 Å². The first kappa shape index (κ1) is 24.6. The van der Waals surface area contributed by atoms with E-state index in [2.05, 4.69) is 32.3 Å². The fraction of sp³-hybridized carbons (Fsp3) is 0.267. The number of hydrogen-bond acceptors (Lipinski definition) is 5. The predicted molar refractivity (Wildman–Crippen MR) is 144 cm³/mol. The molecule has 2 amide bonds. The second-order valence-corrected chi connectivity index (χ2v) is 9.34. The Morgan fingerprint density at radius 3 is 2.51 bits per heavy atom. The molecule has 0 spiro atoms. The summed E-state index contributed by atoms with van der Waals surface area (Å²) in [4.78, 5) is 39.4. The van der Waals surface area contributed by atoms with Gasteiger partial charge in [-0.3, -0.25) is 19.5 Å². The lowest BCUT2D eigenvalue weighted by Crippen LogP contribution is -2.39. The molecule has 37 heavy (non-hydrogen) atoms. The van der Waals surface area contributed by atoms with Crippen molar-refractivity contribution in [3.05, 3.63) is 108 Å². The molecule has 4 aromatic rings. The Bertz CT molecular complexity index is 1350. The molecule has 0 radical (unpaired) electrons. The van der Waals surface area contributed by atoms with E-state index in [9.17, 15) is 9.59 Å². The fourth-order valence-electron chi connectivity index (χ4n) is 4.91. The minimum Gasteiger partial charge on any atom is -0.354 e. The van der Waals surface area contributed by atoms with Crippen molar-refractivity contribution in [1.29, 1.82) is 0 Å². The van der Waals surface area contributed by atoms with E-state index in [4.69, 9.17) is 0 Å². The average Bonchev–Trinajstić information content (AvgIpc) is 2.98. The van der Waals surface area contributed by atoms with E-state index in [0.717, 1.165) is 35.0 Å². The van der Waals surface area contributed by atoms with Gasteiger partial charge in [-0.25, -0.2) is 4.98 Å². The number of hydrogen-bond donors (Lipinski definition) is 1.